The molecule has 3 unspecified atom stereocenters. The largest absolute Gasteiger partial charge is 0.352 e. The highest BCUT2D eigenvalue weighted by molar-refractivity contribution is 7.10. The van der Waals surface area contributed by atoms with Crippen molar-refractivity contribution < 1.29 is 27.5 Å². The normalized spacial score (nSPS) is 18.2. The van der Waals surface area contributed by atoms with Crippen molar-refractivity contribution in [2.45, 2.75) is 105 Å². The lowest BCUT2D eigenvalue weighted by Gasteiger charge is -2.19. The molecule has 0 saturated carbocycles. The van der Waals surface area contributed by atoms with Crippen molar-refractivity contribution in [2.24, 2.45) is 5.10 Å². The molecule has 1 saturated heterocycles. The third-order valence-electron chi connectivity index (χ3n) is 10.2. The Bertz CT molecular complexity index is 2080. The molecule has 4 atom stereocenters. The zero-order valence-corrected chi connectivity index (χ0v) is 36.5. The summed E-state index contributed by atoms with van der Waals surface area (Å²) in [6, 6.07) is 17.3. The third kappa shape index (κ3) is 11.3. The molecule has 2 aromatic heterocycles. The zero-order valence-electron chi connectivity index (χ0n) is 35.7. The van der Waals surface area contributed by atoms with Gasteiger partial charge in [0.2, 0.25) is 11.4 Å². The summed E-state index contributed by atoms with van der Waals surface area (Å²) in [6.07, 6.45) is 10.9. The van der Waals surface area contributed by atoms with E-state index in [9.17, 15) is 14.0 Å². The highest BCUT2D eigenvalue weighted by Crippen LogP contribution is 2.60. The number of rotatable bonds is 13. The molecule has 2 aliphatic heterocycles. The molecule has 4 aromatic rings. The Labute approximate surface area is 347 Å². The Balaban J connectivity index is 0.000000324. The maximum absolute atomic E-state index is 15.2. The SMILES string of the molecule is CC.CCCC(C)[N+]1=C[N+]2(C[C@@]2(c2cc(F)ccc2F)C(C)c2nc(-c3ccc(C#N)cc3)cs2)N=C1.CCCCc1cccnc1N(C)C(C)=O.CNCC(C)=O. The molecule has 10 nitrogen and oxygen atoms in total. The van der Waals surface area contributed by atoms with Crippen molar-refractivity contribution in [1.82, 2.24) is 15.3 Å². The average molecular weight is 815 g/mol. The highest BCUT2D eigenvalue weighted by Gasteiger charge is 2.82. The van der Waals surface area contributed by atoms with E-state index < -0.39 is 17.2 Å². The lowest BCUT2D eigenvalue weighted by Crippen LogP contribution is -2.34. The summed E-state index contributed by atoms with van der Waals surface area (Å²) in [5.41, 5.74) is 3.00. The van der Waals surface area contributed by atoms with Crippen LogP contribution in [0, 0.1) is 23.0 Å². The molecule has 58 heavy (non-hydrogen) atoms. The number of thiazole rings is 1. The molecule has 13 heteroatoms. The number of nitriles is 1. The predicted octanol–water partition coefficient (Wildman–Crippen LogP) is 9.20. The first-order chi connectivity index (χ1) is 27.8. The van der Waals surface area contributed by atoms with E-state index in [1.807, 2.05) is 56.8 Å². The molecule has 6 rings (SSSR count). The summed E-state index contributed by atoms with van der Waals surface area (Å²) in [5, 5.41) is 19.4. The van der Waals surface area contributed by atoms with Gasteiger partial charge in [-0.2, -0.15) is 9.84 Å². The molecule has 2 aliphatic rings. The van der Waals surface area contributed by atoms with Crippen LogP contribution < -0.4 is 10.2 Å². The molecule has 310 valence electrons. The number of benzene rings is 2. The van der Waals surface area contributed by atoms with Crippen LogP contribution in [-0.2, 0) is 21.5 Å². The average Bonchev–Trinajstić information content (AvgIpc) is 3.49. The van der Waals surface area contributed by atoms with Gasteiger partial charge in [-0.1, -0.05) is 58.7 Å². The van der Waals surface area contributed by atoms with Crippen LogP contribution in [0.3, 0.4) is 0 Å². The number of halogens is 2. The number of hydrogen-bond donors (Lipinski definition) is 1. The molecule has 0 bridgehead atoms. The van der Waals surface area contributed by atoms with Crippen molar-refractivity contribution >= 4 is 41.5 Å². The minimum Gasteiger partial charge on any atom is -0.313 e. The minimum atomic E-state index is -0.789. The first-order valence-electron chi connectivity index (χ1n) is 20.1. The van der Waals surface area contributed by atoms with Crippen molar-refractivity contribution in [1.29, 1.82) is 5.26 Å². The molecule has 1 amide bonds. The van der Waals surface area contributed by atoms with Crippen LogP contribution in [0.15, 0.2) is 71.3 Å². The highest BCUT2D eigenvalue weighted by atomic mass is 32.1. The van der Waals surface area contributed by atoms with Crippen LogP contribution in [-0.4, -0.2) is 76.7 Å². The second kappa shape index (κ2) is 22.2. The van der Waals surface area contributed by atoms with Gasteiger partial charge in [-0.25, -0.2) is 18.7 Å². The number of quaternary nitrogens is 1. The van der Waals surface area contributed by atoms with E-state index in [4.69, 9.17) is 15.3 Å². The molecule has 1 N–H and O–H groups in total. The van der Waals surface area contributed by atoms with Crippen LogP contribution in [0.1, 0.15) is 109 Å². The summed E-state index contributed by atoms with van der Waals surface area (Å²) in [5.74, 6) is -0.122. The van der Waals surface area contributed by atoms with Crippen LogP contribution >= 0.6 is 11.3 Å². The number of nitrogens with one attached hydrogen (secondary N) is 1. The molecule has 4 heterocycles. The van der Waals surface area contributed by atoms with Crippen molar-refractivity contribution in [3.05, 3.63) is 99.5 Å². The number of aryl methyl sites for hydroxylation is 1. The lowest BCUT2D eigenvalue weighted by molar-refractivity contribution is -0.750. The van der Waals surface area contributed by atoms with Gasteiger partial charge < -0.3 is 5.32 Å². The fraction of sp³-hybridized carbons (Fsp3) is 0.444. The predicted molar refractivity (Wildman–Crippen MR) is 231 cm³/mol. The third-order valence-corrected chi connectivity index (χ3v) is 11.2. The summed E-state index contributed by atoms with van der Waals surface area (Å²) in [6.45, 7) is 16.6. The van der Waals surface area contributed by atoms with Crippen LogP contribution in [0.25, 0.3) is 11.3 Å². The summed E-state index contributed by atoms with van der Waals surface area (Å²) < 4.78 is 31.9. The number of carbonyl (C=O) groups is 2. The van der Waals surface area contributed by atoms with Crippen LogP contribution in [0.2, 0.25) is 0 Å². The Morgan fingerprint density at radius 1 is 1.09 bits per heavy atom. The minimum absolute atomic E-state index is 0.0199. The smallest absolute Gasteiger partial charge is 0.313 e. The number of hydrogen-bond acceptors (Lipinski definition) is 8. The Hall–Kier alpha value is -5.03. The zero-order chi connectivity index (χ0) is 43.0. The number of carbonyl (C=O) groups excluding carboxylic acids is 2. The molecule has 1 fully saturated rings. The van der Waals surface area contributed by atoms with E-state index in [0.717, 1.165) is 65.8 Å². The number of pyridine rings is 1. The number of Topliss-reactive ketones (excluding diaryl/α,β-unsaturated/α-hetero) is 1. The quantitative estimate of drug-likeness (QED) is 0.0818. The summed E-state index contributed by atoms with van der Waals surface area (Å²) >= 11 is 1.51. The number of aromatic nitrogens is 2. The first kappa shape index (κ1) is 47.3. The monoisotopic (exact) mass is 814 g/mol. The van der Waals surface area contributed by atoms with Gasteiger partial charge in [0.15, 0.2) is 6.54 Å². The van der Waals surface area contributed by atoms with Crippen LogP contribution in [0.4, 0.5) is 14.6 Å². The second-order valence-electron chi connectivity index (χ2n) is 14.3. The van der Waals surface area contributed by atoms with E-state index in [0.29, 0.717) is 24.2 Å². The number of unbranched alkanes of at least 4 members (excludes halogenated alkanes) is 1. The fourth-order valence-corrected chi connectivity index (χ4v) is 7.88. The standard InChI is InChI=1S/C27H27F2N5S.C12H18N2O.C4H9NO.C2H6/c1-4-5-18(2)33-16-31-34(17-33)15-27(34,23-12-22(28)10-11-24(23)29)19(3)26-32-25(14-35-26)21-8-6-20(13-30)7-9-21;1-4-5-7-11-8-6-9-13-12(11)14(3)10(2)15;1-4(6)3-5-2;1-2/h6-12,14,16-19H,4-5,15H2,1-3H3;6,8-9H,4-5,7H2,1-3H3;5H,3H2,1-2H3;1-2H3/q+2;;;/t18?,19?,27-,34?;;;/m0.../s1. The molecule has 2 aromatic carbocycles. The Morgan fingerprint density at radius 2 is 1.79 bits per heavy atom. The van der Waals surface area contributed by atoms with Gasteiger partial charge in [0.05, 0.1) is 35.4 Å². The van der Waals surface area contributed by atoms with Crippen molar-refractivity contribution in [2.75, 3.05) is 32.1 Å². The van der Waals surface area contributed by atoms with Gasteiger partial charge in [-0.3, -0.25) is 14.5 Å². The number of amides is 1. The van der Waals surface area contributed by atoms with Gasteiger partial charge in [-0.15, -0.1) is 11.3 Å². The maximum Gasteiger partial charge on any atom is 0.352 e. The van der Waals surface area contributed by atoms with E-state index in [1.165, 1.54) is 23.5 Å². The maximum atomic E-state index is 15.2. The van der Waals surface area contributed by atoms with Gasteiger partial charge >= 0.3 is 12.7 Å². The van der Waals surface area contributed by atoms with E-state index in [1.54, 1.807) is 51.2 Å². The van der Waals surface area contributed by atoms with E-state index in [-0.39, 0.29) is 28.2 Å². The summed E-state index contributed by atoms with van der Waals surface area (Å²) in [4.78, 5) is 32.0. The first-order valence-corrected chi connectivity index (χ1v) is 21.0. The van der Waals surface area contributed by atoms with Gasteiger partial charge in [0, 0.05) is 31.1 Å². The van der Waals surface area contributed by atoms with E-state index >= 15 is 4.39 Å². The molecule has 0 radical (unpaired) electrons. The lowest BCUT2D eigenvalue weighted by atomic mass is 9.86. The van der Waals surface area contributed by atoms with Crippen molar-refractivity contribution in [3.63, 3.8) is 0 Å². The van der Waals surface area contributed by atoms with Crippen LogP contribution in [0.5, 0.6) is 0 Å². The van der Waals surface area contributed by atoms with Gasteiger partial charge in [0.25, 0.3) is 0 Å². The fourth-order valence-electron chi connectivity index (χ4n) is 6.91. The Morgan fingerprint density at radius 3 is 2.38 bits per heavy atom. The van der Waals surface area contributed by atoms with Gasteiger partial charge in [-0.05, 0) is 93.6 Å². The molecule has 1 spiro atoms. The number of nitrogens with zero attached hydrogens (tertiary/aromatic N) is 7. The van der Waals surface area contributed by atoms with Gasteiger partial charge in [0.1, 0.15) is 39.4 Å². The van der Waals surface area contributed by atoms with Crippen molar-refractivity contribution in [3.8, 4) is 17.3 Å². The molecular formula is C45H60F2N8O2S+2. The van der Waals surface area contributed by atoms with E-state index in [2.05, 4.69) is 48.1 Å². The number of anilines is 1. The molecular weight excluding hydrogens is 755 g/mol. The summed E-state index contributed by atoms with van der Waals surface area (Å²) in [7, 11) is 3.52. The topological polar surface area (TPSA) is 114 Å². The number of ketones is 1. The Kier molecular flexibility index (Phi) is 18.1. The molecule has 0 aliphatic carbocycles. The number of likely N-dealkylation sites (N-methyl/N-ethyl adjacent to an activating group) is 1. The second-order valence-corrected chi connectivity index (χ2v) is 15.2.